The molecule has 0 saturated heterocycles. The number of primary amides is 1. The molecule has 0 saturated carbocycles. The first-order valence-electron chi connectivity index (χ1n) is 7.02. The van der Waals surface area contributed by atoms with Crippen molar-refractivity contribution in [2.24, 2.45) is 5.73 Å². The van der Waals surface area contributed by atoms with Gasteiger partial charge in [-0.1, -0.05) is 39.8 Å². The summed E-state index contributed by atoms with van der Waals surface area (Å²) in [5.74, 6) is 0.409. The Bertz CT molecular complexity index is 464. The van der Waals surface area contributed by atoms with Crippen molar-refractivity contribution >= 4 is 5.91 Å². The van der Waals surface area contributed by atoms with E-state index >= 15 is 0 Å². The third-order valence-electron chi connectivity index (χ3n) is 3.36. The Morgan fingerprint density at radius 2 is 2.05 bits per heavy atom. The average Bonchev–Trinajstić information content (AvgIpc) is 2.38. The summed E-state index contributed by atoms with van der Waals surface area (Å²) >= 11 is 0. The van der Waals surface area contributed by atoms with Crippen molar-refractivity contribution in [2.75, 3.05) is 13.7 Å². The Balaban J connectivity index is 2.97. The second kappa shape index (κ2) is 6.75. The number of nitrogens with two attached hydrogens (primary N) is 1. The number of ether oxygens (including phenoxy) is 1. The molecule has 1 amide bonds. The molecule has 1 aromatic carbocycles. The summed E-state index contributed by atoms with van der Waals surface area (Å²) in [6.07, 6.45) is 0.990. The van der Waals surface area contributed by atoms with E-state index in [0.717, 1.165) is 17.7 Å². The van der Waals surface area contributed by atoms with Crippen LogP contribution in [0.4, 0.5) is 0 Å². The van der Waals surface area contributed by atoms with Gasteiger partial charge in [0, 0.05) is 0 Å². The van der Waals surface area contributed by atoms with Gasteiger partial charge in [0.1, 0.15) is 18.4 Å². The maximum absolute atomic E-state index is 11.2. The molecule has 0 bridgehead atoms. The fourth-order valence-corrected chi connectivity index (χ4v) is 1.99. The first-order valence-corrected chi connectivity index (χ1v) is 7.02. The van der Waals surface area contributed by atoms with Gasteiger partial charge in [0.15, 0.2) is 0 Å². The third kappa shape index (κ3) is 4.23. The first-order chi connectivity index (χ1) is 9.29. The Kier molecular flexibility index (Phi) is 5.57. The summed E-state index contributed by atoms with van der Waals surface area (Å²) in [4.78, 5) is 11.2. The minimum absolute atomic E-state index is 0.0115. The van der Waals surface area contributed by atoms with Crippen molar-refractivity contribution in [3.8, 4) is 5.75 Å². The smallest absolute Gasteiger partial charge is 0.238 e. The molecular formula is C16H26N2O2. The highest BCUT2D eigenvalue weighted by molar-refractivity contribution is 5.80. The van der Waals surface area contributed by atoms with Crippen molar-refractivity contribution in [2.45, 2.75) is 45.6 Å². The van der Waals surface area contributed by atoms with Crippen molar-refractivity contribution in [1.82, 2.24) is 5.32 Å². The molecule has 112 valence electrons. The van der Waals surface area contributed by atoms with Crippen molar-refractivity contribution in [3.05, 3.63) is 29.3 Å². The zero-order chi connectivity index (χ0) is 15.3. The van der Waals surface area contributed by atoms with Gasteiger partial charge in [0.25, 0.3) is 0 Å². The number of hydrogen-bond donors (Lipinski definition) is 2. The molecule has 1 rings (SSSR count). The van der Waals surface area contributed by atoms with Gasteiger partial charge in [-0.05, 0) is 36.1 Å². The van der Waals surface area contributed by atoms with E-state index in [1.165, 1.54) is 5.56 Å². The molecule has 0 spiro atoms. The molecule has 0 radical (unpaired) electrons. The van der Waals surface area contributed by atoms with Crippen LogP contribution < -0.4 is 15.8 Å². The predicted octanol–water partition coefficient (Wildman–Crippen LogP) is 2.00. The summed E-state index contributed by atoms with van der Waals surface area (Å²) in [7, 11) is 1.70. The number of benzene rings is 1. The van der Waals surface area contributed by atoms with E-state index in [-0.39, 0.29) is 12.0 Å². The highest BCUT2D eigenvalue weighted by atomic mass is 16.5. The van der Waals surface area contributed by atoms with Crippen LogP contribution in [0.1, 0.15) is 38.8 Å². The second-order valence-corrected chi connectivity index (χ2v) is 5.99. The summed E-state index contributed by atoms with van der Waals surface area (Å²) in [6, 6.07) is 5.73. The zero-order valence-electron chi connectivity index (χ0n) is 13.1. The van der Waals surface area contributed by atoms with E-state index in [1.54, 1.807) is 7.05 Å². The molecule has 20 heavy (non-hydrogen) atoms. The quantitative estimate of drug-likeness (QED) is 0.836. The number of aryl methyl sites for hydroxylation is 1. The number of rotatable bonds is 6. The van der Waals surface area contributed by atoms with Gasteiger partial charge < -0.3 is 15.8 Å². The molecule has 0 aromatic heterocycles. The Morgan fingerprint density at radius 1 is 1.40 bits per heavy atom. The van der Waals surface area contributed by atoms with Crippen LogP contribution in [0, 0.1) is 0 Å². The lowest BCUT2D eigenvalue weighted by molar-refractivity contribution is -0.120. The lowest BCUT2D eigenvalue weighted by atomic mass is 9.85. The fourth-order valence-electron chi connectivity index (χ4n) is 1.99. The van der Waals surface area contributed by atoms with E-state index in [1.807, 2.05) is 6.07 Å². The second-order valence-electron chi connectivity index (χ2n) is 5.99. The van der Waals surface area contributed by atoms with Crippen LogP contribution in [-0.4, -0.2) is 25.6 Å². The van der Waals surface area contributed by atoms with E-state index in [2.05, 4.69) is 45.1 Å². The topological polar surface area (TPSA) is 64.3 Å². The number of carbonyl (C=O) groups excluding carboxylic acids is 1. The summed E-state index contributed by atoms with van der Waals surface area (Å²) in [5.41, 5.74) is 7.72. The molecule has 1 unspecified atom stereocenters. The molecular weight excluding hydrogens is 252 g/mol. The predicted molar refractivity (Wildman–Crippen MR) is 82.1 cm³/mol. The molecule has 0 aliphatic carbocycles. The highest BCUT2D eigenvalue weighted by Crippen LogP contribution is 2.32. The maximum atomic E-state index is 11.2. The van der Waals surface area contributed by atoms with E-state index in [0.29, 0.717) is 0 Å². The molecule has 1 atom stereocenters. The van der Waals surface area contributed by atoms with Gasteiger partial charge in [0.2, 0.25) is 5.91 Å². The minimum Gasteiger partial charge on any atom is -0.491 e. The van der Waals surface area contributed by atoms with Crippen LogP contribution in [0.5, 0.6) is 5.75 Å². The third-order valence-corrected chi connectivity index (χ3v) is 3.36. The van der Waals surface area contributed by atoms with E-state index in [9.17, 15) is 4.79 Å². The standard InChI is InChI=1S/C16H26N2O2/c1-6-11-7-8-14(12(9-11)16(2,3)4)20-10-13(18-5)15(17)19/h7-9,13,18H,6,10H2,1-5H3,(H2,17,19). The molecule has 0 aliphatic rings. The number of amides is 1. The van der Waals surface area contributed by atoms with Crippen LogP contribution in [0.25, 0.3) is 0 Å². The Labute approximate surface area is 121 Å². The number of nitrogens with one attached hydrogen (secondary N) is 1. The zero-order valence-corrected chi connectivity index (χ0v) is 13.1. The van der Waals surface area contributed by atoms with Crippen molar-refractivity contribution in [3.63, 3.8) is 0 Å². The fraction of sp³-hybridized carbons (Fsp3) is 0.562. The largest absolute Gasteiger partial charge is 0.491 e. The number of likely N-dealkylation sites (N-methyl/N-ethyl adjacent to an activating group) is 1. The first kappa shape index (κ1) is 16.5. The number of carbonyl (C=O) groups is 1. The van der Waals surface area contributed by atoms with Crippen LogP contribution >= 0.6 is 0 Å². The summed E-state index contributed by atoms with van der Waals surface area (Å²) < 4.78 is 5.81. The van der Waals surface area contributed by atoms with Crippen molar-refractivity contribution in [1.29, 1.82) is 0 Å². The van der Waals surface area contributed by atoms with Crippen LogP contribution in [0.3, 0.4) is 0 Å². The summed E-state index contributed by atoms with van der Waals surface area (Å²) in [6.45, 7) is 8.82. The maximum Gasteiger partial charge on any atom is 0.238 e. The van der Waals surface area contributed by atoms with Gasteiger partial charge in [-0.3, -0.25) is 4.79 Å². The van der Waals surface area contributed by atoms with Crippen LogP contribution in [-0.2, 0) is 16.6 Å². The molecule has 1 aromatic rings. The van der Waals surface area contributed by atoms with E-state index in [4.69, 9.17) is 10.5 Å². The number of hydrogen-bond acceptors (Lipinski definition) is 3. The van der Waals surface area contributed by atoms with Gasteiger partial charge in [0.05, 0.1) is 0 Å². The van der Waals surface area contributed by atoms with Crippen LogP contribution in [0.2, 0.25) is 0 Å². The van der Waals surface area contributed by atoms with Gasteiger partial charge in [-0.15, -0.1) is 0 Å². The van der Waals surface area contributed by atoms with Gasteiger partial charge in [-0.25, -0.2) is 0 Å². The molecule has 4 nitrogen and oxygen atoms in total. The Morgan fingerprint density at radius 3 is 2.50 bits per heavy atom. The van der Waals surface area contributed by atoms with Crippen LogP contribution in [0.15, 0.2) is 18.2 Å². The lowest BCUT2D eigenvalue weighted by Crippen LogP contribution is -2.43. The molecule has 0 heterocycles. The van der Waals surface area contributed by atoms with Gasteiger partial charge >= 0.3 is 0 Å². The average molecular weight is 278 g/mol. The molecule has 0 fully saturated rings. The van der Waals surface area contributed by atoms with Crippen molar-refractivity contribution < 1.29 is 9.53 Å². The monoisotopic (exact) mass is 278 g/mol. The molecule has 0 aliphatic heterocycles. The minimum atomic E-state index is -0.478. The van der Waals surface area contributed by atoms with E-state index < -0.39 is 11.9 Å². The lowest BCUT2D eigenvalue weighted by Gasteiger charge is -2.24. The molecule has 4 heteroatoms. The normalized spacial score (nSPS) is 13.1. The highest BCUT2D eigenvalue weighted by Gasteiger charge is 2.21. The summed E-state index contributed by atoms with van der Waals surface area (Å²) in [5, 5.41) is 2.85. The molecule has 3 N–H and O–H groups in total. The van der Waals surface area contributed by atoms with Gasteiger partial charge in [-0.2, -0.15) is 0 Å². The Hall–Kier alpha value is -1.55. The SMILES string of the molecule is CCc1ccc(OCC(NC)C(N)=O)c(C(C)(C)C)c1.